The van der Waals surface area contributed by atoms with E-state index in [9.17, 15) is 0 Å². The molecule has 0 saturated carbocycles. The van der Waals surface area contributed by atoms with E-state index in [0.717, 1.165) is 5.56 Å². The predicted octanol–water partition coefficient (Wildman–Crippen LogP) is 3.71. The maximum Gasteiger partial charge on any atom is 0.0991 e. The summed E-state index contributed by atoms with van der Waals surface area (Å²) in [6.45, 7) is 0. The number of rotatable bonds is 1. The van der Waals surface area contributed by atoms with E-state index in [1.54, 1.807) is 0 Å². The monoisotopic (exact) mass is 219 g/mol. The third-order valence-corrected chi connectivity index (χ3v) is 3.45. The molecule has 17 heavy (non-hydrogen) atoms. The summed E-state index contributed by atoms with van der Waals surface area (Å²) in [4.78, 5) is 0. The minimum absolute atomic E-state index is 0.734. The van der Waals surface area contributed by atoms with Gasteiger partial charge in [-0.3, -0.25) is 0 Å². The molecule has 2 aromatic carbocycles. The normalized spacial score (nSPS) is 13.1. The fourth-order valence-electron chi connectivity index (χ4n) is 2.65. The van der Waals surface area contributed by atoms with Crippen molar-refractivity contribution in [2.24, 2.45) is 0 Å². The highest BCUT2D eigenvalue weighted by atomic mass is 14.2. The largest absolute Gasteiger partial charge is 0.192 e. The van der Waals surface area contributed by atoms with Gasteiger partial charge in [-0.05, 0) is 53.6 Å². The van der Waals surface area contributed by atoms with Crippen LogP contribution in [-0.2, 0) is 12.8 Å². The Morgan fingerprint density at radius 3 is 2.76 bits per heavy atom. The van der Waals surface area contributed by atoms with Crippen molar-refractivity contribution in [2.75, 3.05) is 0 Å². The Balaban J connectivity index is 2.16. The van der Waals surface area contributed by atoms with Crippen LogP contribution in [0, 0.1) is 11.3 Å². The second-order valence-corrected chi connectivity index (χ2v) is 4.49. The second kappa shape index (κ2) is 4.07. The summed E-state index contributed by atoms with van der Waals surface area (Å²) in [5.74, 6) is 0. The first-order valence-corrected chi connectivity index (χ1v) is 6.00. The van der Waals surface area contributed by atoms with Gasteiger partial charge in [-0.1, -0.05) is 30.3 Å². The van der Waals surface area contributed by atoms with Crippen molar-refractivity contribution >= 4 is 0 Å². The Hall–Kier alpha value is -2.07. The lowest BCUT2D eigenvalue weighted by atomic mass is 9.96. The average Bonchev–Trinajstić information content (AvgIpc) is 2.87. The molecule has 0 aliphatic heterocycles. The van der Waals surface area contributed by atoms with Crippen LogP contribution in [0.15, 0.2) is 42.5 Å². The van der Waals surface area contributed by atoms with Gasteiger partial charge in [-0.2, -0.15) is 5.26 Å². The molecule has 3 rings (SSSR count). The minimum Gasteiger partial charge on any atom is -0.192 e. The molecule has 0 unspecified atom stereocenters. The number of aryl methyl sites for hydroxylation is 1. The number of hydrogen-bond donors (Lipinski definition) is 0. The molecule has 0 spiro atoms. The molecule has 0 atom stereocenters. The van der Waals surface area contributed by atoms with Gasteiger partial charge in [-0.15, -0.1) is 0 Å². The number of benzene rings is 2. The molecule has 1 heteroatoms. The predicted molar refractivity (Wildman–Crippen MR) is 68.6 cm³/mol. The molecule has 1 aliphatic rings. The second-order valence-electron chi connectivity index (χ2n) is 4.49. The molecular weight excluding hydrogens is 206 g/mol. The number of hydrogen-bond acceptors (Lipinski definition) is 1. The van der Waals surface area contributed by atoms with E-state index in [2.05, 4.69) is 30.3 Å². The van der Waals surface area contributed by atoms with Crippen molar-refractivity contribution in [1.29, 1.82) is 5.26 Å². The van der Waals surface area contributed by atoms with Crippen LogP contribution in [0.3, 0.4) is 0 Å². The van der Waals surface area contributed by atoms with Crippen LogP contribution in [-0.4, -0.2) is 0 Å². The minimum atomic E-state index is 0.734. The fourth-order valence-corrected chi connectivity index (χ4v) is 2.65. The van der Waals surface area contributed by atoms with Crippen molar-refractivity contribution in [3.05, 3.63) is 59.2 Å². The third kappa shape index (κ3) is 1.72. The summed E-state index contributed by atoms with van der Waals surface area (Å²) in [5.41, 5.74) is 6.16. The molecule has 0 N–H and O–H groups in total. The number of nitrogens with zero attached hydrogens (tertiary/aromatic N) is 1. The first-order chi connectivity index (χ1) is 8.38. The summed E-state index contributed by atoms with van der Waals surface area (Å²) in [7, 11) is 0. The Kier molecular flexibility index (Phi) is 2.42. The molecular formula is C16H13N. The number of fused-ring (bicyclic) bond motifs is 1. The van der Waals surface area contributed by atoms with E-state index < -0.39 is 0 Å². The van der Waals surface area contributed by atoms with Crippen LogP contribution < -0.4 is 0 Å². The van der Waals surface area contributed by atoms with Gasteiger partial charge in [0.25, 0.3) is 0 Å². The third-order valence-electron chi connectivity index (χ3n) is 3.45. The highest BCUT2D eigenvalue weighted by molar-refractivity contribution is 5.70. The Bertz CT molecular complexity index is 605. The molecule has 0 saturated heterocycles. The molecule has 2 aromatic rings. The van der Waals surface area contributed by atoms with E-state index >= 15 is 0 Å². The molecule has 0 bridgehead atoms. The van der Waals surface area contributed by atoms with Gasteiger partial charge in [-0.25, -0.2) is 0 Å². The zero-order valence-electron chi connectivity index (χ0n) is 9.61. The van der Waals surface area contributed by atoms with Crippen molar-refractivity contribution in [3.8, 4) is 17.2 Å². The van der Waals surface area contributed by atoms with Crippen LogP contribution in [0.25, 0.3) is 11.1 Å². The van der Waals surface area contributed by atoms with E-state index in [0.29, 0.717) is 0 Å². The topological polar surface area (TPSA) is 23.8 Å². The Labute approximate surface area is 101 Å². The Morgan fingerprint density at radius 1 is 1.00 bits per heavy atom. The van der Waals surface area contributed by atoms with E-state index in [-0.39, 0.29) is 0 Å². The molecule has 82 valence electrons. The van der Waals surface area contributed by atoms with E-state index in [4.69, 9.17) is 5.26 Å². The average molecular weight is 219 g/mol. The maximum absolute atomic E-state index is 8.95. The summed E-state index contributed by atoms with van der Waals surface area (Å²) >= 11 is 0. The molecule has 0 radical (unpaired) electrons. The number of nitriles is 1. The molecule has 1 nitrogen and oxygen atoms in total. The van der Waals surface area contributed by atoms with E-state index in [1.807, 2.05) is 18.2 Å². The summed E-state index contributed by atoms with van der Waals surface area (Å²) in [5, 5.41) is 8.95. The zero-order valence-corrected chi connectivity index (χ0v) is 9.61. The molecule has 0 heterocycles. The van der Waals surface area contributed by atoms with Gasteiger partial charge >= 0.3 is 0 Å². The zero-order chi connectivity index (χ0) is 11.7. The maximum atomic E-state index is 8.95. The van der Waals surface area contributed by atoms with Crippen LogP contribution >= 0.6 is 0 Å². The van der Waals surface area contributed by atoms with Gasteiger partial charge in [0.15, 0.2) is 0 Å². The fraction of sp³-hybridized carbons (Fsp3) is 0.188. The lowest BCUT2D eigenvalue weighted by Crippen LogP contribution is -1.88. The molecule has 0 fully saturated rings. The SMILES string of the molecule is N#Cc1cccc(-c2cccc3c2CCC3)c1. The molecule has 0 aromatic heterocycles. The van der Waals surface area contributed by atoms with Gasteiger partial charge in [0, 0.05) is 0 Å². The highest BCUT2D eigenvalue weighted by Crippen LogP contribution is 2.32. The van der Waals surface area contributed by atoms with Crippen LogP contribution in [0.4, 0.5) is 0 Å². The molecule has 1 aliphatic carbocycles. The van der Waals surface area contributed by atoms with Crippen molar-refractivity contribution in [2.45, 2.75) is 19.3 Å². The van der Waals surface area contributed by atoms with Gasteiger partial charge < -0.3 is 0 Å². The standard InChI is InChI=1S/C16H13N/c17-11-12-4-1-7-14(10-12)16-9-3-6-13-5-2-8-15(13)16/h1,3-4,6-7,9-10H,2,5,8H2. The van der Waals surface area contributed by atoms with Crippen molar-refractivity contribution < 1.29 is 0 Å². The van der Waals surface area contributed by atoms with Gasteiger partial charge in [0.2, 0.25) is 0 Å². The van der Waals surface area contributed by atoms with Crippen LogP contribution in [0.5, 0.6) is 0 Å². The molecule has 0 amide bonds. The van der Waals surface area contributed by atoms with E-state index in [1.165, 1.54) is 41.5 Å². The highest BCUT2D eigenvalue weighted by Gasteiger charge is 2.15. The van der Waals surface area contributed by atoms with Crippen LogP contribution in [0.1, 0.15) is 23.1 Å². The van der Waals surface area contributed by atoms with Crippen LogP contribution in [0.2, 0.25) is 0 Å². The Morgan fingerprint density at radius 2 is 1.88 bits per heavy atom. The van der Waals surface area contributed by atoms with Crippen molar-refractivity contribution in [3.63, 3.8) is 0 Å². The lowest BCUT2D eigenvalue weighted by molar-refractivity contribution is 0.912. The summed E-state index contributed by atoms with van der Waals surface area (Å²) in [6, 6.07) is 16.6. The summed E-state index contributed by atoms with van der Waals surface area (Å²) < 4.78 is 0. The van der Waals surface area contributed by atoms with Gasteiger partial charge in [0.05, 0.1) is 11.6 Å². The first-order valence-electron chi connectivity index (χ1n) is 6.00. The van der Waals surface area contributed by atoms with Gasteiger partial charge in [0.1, 0.15) is 0 Å². The van der Waals surface area contributed by atoms with Crippen molar-refractivity contribution in [1.82, 2.24) is 0 Å². The smallest absolute Gasteiger partial charge is 0.0991 e. The summed E-state index contributed by atoms with van der Waals surface area (Å²) in [6.07, 6.45) is 3.62. The lowest BCUT2D eigenvalue weighted by Gasteiger charge is -2.08. The first kappa shape index (κ1) is 10.1. The quantitative estimate of drug-likeness (QED) is 0.717.